The smallest absolute Gasteiger partial charge is 0.125 e. The molecule has 0 fully saturated rings. The van der Waals surface area contributed by atoms with Crippen LogP contribution in [0.4, 0.5) is 5.82 Å². The van der Waals surface area contributed by atoms with E-state index >= 15 is 0 Å². The maximum Gasteiger partial charge on any atom is 0.125 e. The van der Waals surface area contributed by atoms with E-state index in [4.69, 9.17) is 0 Å². The summed E-state index contributed by atoms with van der Waals surface area (Å²) in [7, 11) is 0. The summed E-state index contributed by atoms with van der Waals surface area (Å²) >= 11 is 0. The van der Waals surface area contributed by atoms with Crippen LogP contribution in [0.5, 0.6) is 0 Å². The molecule has 0 radical (unpaired) electrons. The Balaban J connectivity index is 2.01. The number of hydrogen-bond donors (Lipinski definition) is 3. The third-order valence-electron chi connectivity index (χ3n) is 5.27. The normalized spacial score (nSPS) is 12.6. The average molecular weight is 423 g/mol. The van der Waals surface area contributed by atoms with Crippen molar-refractivity contribution in [3.8, 4) is 0 Å². The summed E-state index contributed by atoms with van der Waals surface area (Å²) in [4.78, 5) is 7.02. The number of H-pyrrole nitrogens is 1. The van der Waals surface area contributed by atoms with Crippen LogP contribution in [0.25, 0.3) is 12.2 Å². The van der Waals surface area contributed by atoms with Crippen LogP contribution in [0, 0.1) is 0 Å². The molecule has 1 unspecified atom stereocenters. The van der Waals surface area contributed by atoms with Crippen LogP contribution in [0.15, 0.2) is 49.5 Å². The quantitative estimate of drug-likeness (QED) is 0.270. The summed E-state index contributed by atoms with van der Waals surface area (Å²) in [6, 6.07) is 4.25. The first-order valence-electron chi connectivity index (χ1n) is 11.4. The van der Waals surface area contributed by atoms with Gasteiger partial charge in [0.05, 0.1) is 17.9 Å². The largest absolute Gasteiger partial charge is 0.381 e. The Morgan fingerprint density at radius 3 is 2.71 bits per heavy atom. The molecule has 1 atom stereocenters. The third kappa shape index (κ3) is 8.42. The third-order valence-corrected chi connectivity index (χ3v) is 5.27. The van der Waals surface area contributed by atoms with Gasteiger partial charge >= 0.3 is 0 Å². The molecule has 2 aromatic heterocycles. The summed E-state index contributed by atoms with van der Waals surface area (Å²) in [6.07, 6.45) is 17.4. The average Bonchev–Trinajstić information content (AvgIpc) is 3.26. The molecule has 168 valence electrons. The second-order valence-corrected chi connectivity index (χ2v) is 7.42. The molecule has 0 aromatic carbocycles. The fraction of sp³-hybridized carbons (Fsp3) is 0.440. The van der Waals surface area contributed by atoms with E-state index in [1.807, 2.05) is 18.5 Å². The zero-order valence-corrected chi connectivity index (χ0v) is 19.3. The minimum absolute atomic E-state index is 0.0596. The number of likely N-dealkylation sites (N-methyl/N-ethyl adjacent to an activating group) is 1. The van der Waals surface area contributed by atoms with E-state index in [9.17, 15) is 0 Å². The summed E-state index contributed by atoms with van der Waals surface area (Å²) in [6.45, 7) is 14.5. The molecule has 0 saturated carbocycles. The summed E-state index contributed by atoms with van der Waals surface area (Å²) < 4.78 is 0. The van der Waals surface area contributed by atoms with E-state index in [2.05, 4.69) is 82.3 Å². The van der Waals surface area contributed by atoms with Crippen LogP contribution in [0.3, 0.4) is 0 Å². The molecule has 31 heavy (non-hydrogen) atoms. The van der Waals surface area contributed by atoms with Crippen molar-refractivity contribution in [2.45, 2.75) is 46.1 Å². The zero-order valence-electron chi connectivity index (χ0n) is 19.3. The number of aromatic nitrogens is 3. The van der Waals surface area contributed by atoms with Crippen LogP contribution in [-0.2, 0) is 0 Å². The lowest BCUT2D eigenvalue weighted by Gasteiger charge is -2.18. The first-order chi connectivity index (χ1) is 15.2. The van der Waals surface area contributed by atoms with Crippen molar-refractivity contribution >= 4 is 18.0 Å². The standard InChI is InChI=1S/C25H38N6/c1-5-9-10-11-12-24(26-16-15-22-20-29-30-23(22)6-2)21-13-14-25(28-19-21)27-17-18-31(7-3)8-4/h6,11-16,19-20,24,26H,2,5,7-10,17-18H2,1,3-4H3,(H,27,28)(H,29,30)/b12-11+,16-15+. The number of hydrogen-bond acceptors (Lipinski definition) is 5. The van der Waals surface area contributed by atoms with Gasteiger partial charge in [-0.1, -0.05) is 58.4 Å². The van der Waals surface area contributed by atoms with E-state index in [0.717, 1.165) is 55.2 Å². The fourth-order valence-electron chi connectivity index (χ4n) is 3.24. The van der Waals surface area contributed by atoms with Gasteiger partial charge in [0.15, 0.2) is 0 Å². The number of allylic oxidation sites excluding steroid dienone is 1. The molecule has 6 heteroatoms. The number of unbranched alkanes of at least 4 members (excludes halogenated alkanes) is 2. The summed E-state index contributed by atoms with van der Waals surface area (Å²) in [5.41, 5.74) is 3.04. The summed E-state index contributed by atoms with van der Waals surface area (Å²) in [5, 5.41) is 13.9. The monoisotopic (exact) mass is 422 g/mol. The van der Waals surface area contributed by atoms with Gasteiger partial charge in [0, 0.05) is 24.8 Å². The Labute approximate surface area is 187 Å². The molecular weight excluding hydrogens is 384 g/mol. The molecule has 0 aliphatic rings. The number of nitrogens with one attached hydrogen (secondary N) is 3. The SMILES string of the molecule is C=Cc1[nH]ncc1/C=C/NC(/C=C/CCCC)c1ccc(NCCN(CC)CC)nc1. The molecule has 0 amide bonds. The lowest BCUT2D eigenvalue weighted by molar-refractivity contribution is 0.316. The van der Waals surface area contributed by atoms with Gasteiger partial charge in [0.25, 0.3) is 0 Å². The topological polar surface area (TPSA) is 68.9 Å². The molecule has 0 saturated heterocycles. The molecule has 2 heterocycles. The van der Waals surface area contributed by atoms with Crippen molar-refractivity contribution in [3.05, 3.63) is 66.3 Å². The first-order valence-corrected chi connectivity index (χ1v) is 11.4. The van der Waals surface area contributed by atoms with Crippen molar-refractivity contribution in [3.63, 3.8) is 0 Å². The summed E-state index contributed by atoms with van der Waals surface area (Å²) in [5.74, 6) is 0.911. The minimum Gasteiger partial charge on any atom is -0.381 e. The molecule has 2 aromatic rings. The number of anilines is 1. The van der Waals surface area contributed by atoms with Gasteiger partial charge in [0.1, 0.15) is 5.82 Å². The number of aromatic amines is 1. The first kappa shape index (κ1) is 24.4. The molecule has 6 nitrogen and oxygen atoms in total. The molecule has 0 aliphatic heterocycles. The van der Waals surface area contributed by atoms with Gasteiger partial charge in [-0.25, -0.2) is 4.98 Å². The van der Waals surface area contributed by atoms with E-state index in [1.165, 1.54) is 12.8 Å². The predicted molar refractivity (Wildman–Crippen MR) is 133 cm³/mol. The molecule has 0 aliphatic carbocycles. The Bertz CT molecular complexity index is 802. The van der Waals surface area contributed by atoms with Crippen molar-refractivity contribution in [2.24, 2.45) is 0 Å². The lowest BCUT2D eigenvalue weighted by atomic mass is 10.1. The maximum atomic E-state index is 4.62. The van der Waals surface area contributed by atoms with Crippen LogP contribution in [0.2, 0.25) is 0 Å². The van der Waals surface area contributed by atoms with E-state index in [0.29, 0.717) is 0 Å². The van der Waals surface area contributed by atoms with Gasteiger partial charge in [-0.15, -0.1) is 0 Å². The maximum absolute atomic E-state index is 4.62. The van der Waals surface area contributed by atoms with E-state index in [-0.39, 0.29) is 6.04 Å². The predicted octanol–water partition coefficient (Wildman–Crippen LogP) is 5.25. The van der Waals surface area contributed by atoms with Crippen LogP contribution < -0.4 is 10.6 Å². The van der Waals surface area contributed by atoms with Crippen LogP contribution >= 0.6 is 0 Å². The number of pyridine rings is 1. The van der Waals surface area contributed by atoms with Crippen molar-refractivity contribution in [1.29, 1.82) is 0 Å². The highest BCUT2D eigenvalue weighted by molar-refractivity contribution is 5.60. The van der Waals surface area contributed by atoms with Crippen molar-refractivity contribution in [1.82, 2.24) is 25.4 Å². The molecule has 0 bridgehead atoms. The minimum atomic E-state index is 0.0596. The Kier molecular flexibility index (Phi) is 11.2. The second kappa shape index (κ2) is 14.2. The molecule has 3 N–H and O–H groups in total. The fourth-order valence-corrected chi connectivity index (χ4v) is 3.24. The highest BCUT2D eigenvalue weighted by atomic mass is 15.1. The van der Waals surface area contributed by atoms with Gasteiger partial charge in [-0.2, -0.15) is 5.10 Å². The molecular formula is C25H38N6. The van der Waals surface area contributed by atoms with Gasteiger partial charge < -0.3 is 15.5 Å². The van der Waals surface area contributed by atoms with Gasteiger partial charge in [-0.3, -0.25) is 5.10 Å². The van der Waals surface area contributed by atoms with Gasteiger partial charge in [0.2, 0.25) is 0 Å². The Morgan fingerprint density at radius 1 is 1.19 bits per heavy atom. The Morgan fingerprint density at radius 2 is 2.03 bits per heavy atom. The number of nitrogens with zero attached hydrogens (tertiary/aromatic N) is 3. The van der Waals surface area contributed by atoms with Crippen LogP contribution in [0.1, 0.15) is 62.9 Å². The van der Waals surface area contributed by atoms with Crippen LogP contribution in [-0.4, -0.2) is 46.3 Å². The highest BCUT2D eigenvalue weighted by Crippen LogP contribution is 2.17. The van der Waals surface area contributed by atoms with E-state index < -0.39 is 0 Å². The van der Waals surface area contributed by atoms with Gasteiger partial charge in [-0.05, 0) is 49.5 Å². The zero-order chi connectivity index (χ0) is 22.3. The number of rotatable bonds is 15. The second-order valence-electron chi connectivity index (χ2n) is 7.42. The van der Waals surface area contributed by atoms with E-state index in [1.54, 1.807) is 12.3 Å². The van der Waals surface area contributed by atoms with Crippen molar-refractivity contribution in [2.75, 3.05) is 31.5 Å². The highest BCUT2D eigenvalue weighted by Gasteiger charge is 2.07. The Hall–Kier alpha value is -2.86. The molecule has 0 spiro atoms. The molecule has 2 rings (SSSR count). The lowest BCUT2D eigenvalue weighted by Crippen LogP contribution is -2.28. The van der Waals surface area contributed by atoms with Crippen molar-refractivity contribution < 1.29 is 0 Å².